The van der Waals surface area contributed by atoms with E-state index in [-0.39, 0.29) is 12.2 Å². The molecule has 1 aliphatic heterocycles. The van der Waals surface area contributed by atoms with Crippen LogP contribution in [0, 0.1) is 0 Å². The monoisotopic (exact) mass is 550 g/mol. The first-order valence-electron chi connectivity index (χ1n) is 11.6. The minimum Gasteiger partial charge on any atom is -0.489 e. The molecule has 0 bridgehead atoms. The summed E-state index contributed by atoms with van der Waals surface area (Å²) in [5.41, 5.74) is 2.64. The summed E-state index contributed by atoms with van der Waals surface area (Å²) in [6.45, 7) is 4.22. The summed E-state index contributed by atoms with van der Waals surface area (Å²) in [6, 6.07) is 18.3. The Bertz CT molecular complexity index is 1630. The van der Waals surface area contributed by atoms with Gasteiger partial charge in [-0.3, -0.25) is 9.36 Å². The quantitative estimate of drug-likeness (QED) is 0.300. The second-order valence-electron chi connectivity index (χ2n) is 8.30. The van der Waals surface area contributed by atoms with Crippen LogP contribution in [0.2, 0.25) is 5.02 Å². The molecule has 0 N–H and O–H groups in total. The van der Waals surface area contributed by atoms with E-state index in [0.717, 1.165) is 21.8 Å². The lowest BCUT2D eigenvalue weighted by Crippen LogP contribution is -2.39. The Morgan fingerprint density at radius 2 is 1.89 bits per heavy atom. The maximum atomic E-state index is 13.6. The van der Waals surface area contributed by atoms with Gasteiger partial charge in [0.1, 0.15) is 18.4 Å². The molecule has 9 heteroatoms. The summed E-state index contributed by atoms with van der Waals surface area (Å²) < 4.78 is 13.3. The molecule has 0 spiro atoms. The van der Waals surface area contributed by atoms with Crippen LogP contribution in [0.3, 0.4) is 0 Å². The first-order valence-corrected chi connectivity index (χ1v) is 13.7. The fourth-order valence-corrected chi connectivity index (χ4v) is 6.06. The van der Waals surface area contributed by atoms with Gasteiger partial charge in [-0.2, -0.15) is 0 Å². The normalized spacial score (nSPS) is 15.3. The van der Waals surface area contributed by atoms with E-state index in [1.54, 1.807) is 18.4 Å². The van der Waals surface area contributed by atoms with E-state index in [1.165, 1.54) is 22.7 Å². The summed E-state index contributed by atoms with van der Waals surface area (Å²) in [5.74, 6) is 0.270. The van der Waals surface area contributed by atoms with Crippen molar-refractivity contribution in [3.8, 4) is 5.75 Å². The fourth-order valence-electron chi connectivity index (χ4n) is 4.07. The second kappa shape index (κ2) is 10.9. The van der Waals surface area contributed by atoms with Crippen molar-refractivity contribution >= 4 is 46.3 Å². The number of aromatic nitrogens is 1. The van der Waals surface area contributed by atoms with Crippen molar-refractivity contribution in [2.75, 3.05) is 6.61 Å². The zero-order valence-corrected chi connectivity index (χ0v) is 22.5. The van der Waals surface area contributed by atoms with Gasteiger partial charge in [0.25, 0.3) is 5.56 Å². The van der Waals surface area contributed by atoms with Crippen LogP contribution in [-0.4, -0.2) is 17.1 Å². The highest BCUT2D eigenvalue weighted by molar-refractivity contribution is 7.10. The number of hydrogen-bond acceptors (Lipinski definition) is 7. The third kappa shape index (κ3) is 5.32. The molecule has 5 rings (SSSR count). The smallest absolute Gasteiger partial charge is 0.338 e. The van der Waals surface area contributed by atoms with Crippen molar-refractivity contribution in [3.05, 3.63) is 118 Å². The molecule has 2 aromatic carbocycles. The number of allylic oxidation sites excluding steroid dienone is 1. The van der Waals surface area contributed by atoms with Crippen molar-refractivity contribution in [3.63, 3.8) is 0 Å². The number of ether oxygens (including phenoxy) is 2. The summed E-state index contributed by atoms with van der Waals surface area (Å²) in [7, 11) is 0. The molecule has 1 atom stereocenters. The number of halogens is 1. The highest BCUT2D eigenvalue weighted by atomic mass is 35.5. The van der Waals surface area contributed by atoms with Crippen molar-refractivity contribution in [1.82, 2.24) is 4.57 Å². The number of thiazole rings is 1. The Kier molecular flexibility index (Phi) is 7.41. The van der Waals surface area contributed by atoms with Gasteiger partial charge in [0, 0.05) is 9.90 Å². The number of esters is 1. The van der Waals surface area contributed by atoms with E-state index in [9.17, 15) is 9.59 Å². The summed E-state index contributed by atoms with van der Waals surface area (Å²) in [4.78, 5) is 32.5. The van der Waals surface area contributed by atoms with E-state index in [2.05, 4.69) is 4.99 Å². The zero-order valence-electron chi connectivity index (χ0n) is 20.1. The van der Waals surface area contributed by atoms with Gasteiger partial charge < -0.3 is 9.47 Å². The molecule has 1 aliphatic rings. The average Bonchev–Trinajstić information content (AvgIpc) is 3.52. The van der Waals surface area contributed by atoms with E-state index >= 15 is 0 Å². The number of nitrogens with zero attached hydrogens (tertiary/aromatic N) is 2. The van der Waals surface area contributed by atoms with Gasteiger partial charge in [0.05, 0.1) is 22.4 Å². The standard InChI is InChI=1S/C28H23ClN2O4S2/c1-3-34-27(33)24-17(2)30-28-31(25(24)22-5-4-14-36-22)26(32)23(37-28)15-18-8-12-21(13-9-18)35-16-19-6-10-20(29)11-7-19/h4-15,25H,3,16H2,1-2H3/b23-15+/t25-/m1/s1. The second-order valence-corrected chi connectivity index (χ2v) is 10.7. The van der Waals surface area contributed by atoms with Gasteiger partial charge in [-0.15, -0.1) is 11.3 Å². The Balaban J connectivity index is 1.46. The highest BCUT2D eigenvalue weighted by Gasteiger charge is 2.33. The lowest BCUT2D eigenvalue weighted by atomic mass is 10.0. The third-order valence-electron chi connectivity index (χ3n) is 5.83. The van der Waals surface area contributed by atoms with Gasteiger partial charge in [-0.05, 0) is 66.8 Å². The molecule has 2 aromatic heterocycles. The fraction of sp³-hybridized carbons (Fsp3) is 0.179. The zero-order chi connectivity index (χ0) is 25.9. The Labute approximate surface area is 226 Å². The average molecular weight is 551 g/mol. The molecule has 188 valence electrons. The molecule has 4 aromatic rings. The van der Waals surface area contributed by atoms with Gasteiger partial charge in [-0.1, -0.05) is 53.3 Å². The largest absolute Gasteiger partial charge is 0.489 e. The van der Waals surface area contributed by atoms with Gasteiger partial charge >= 0.3 is 5.97 Å². The molecule has 0 amide bonds. The minimum absolute atomic E-state index is 0.195. The molecule has 3 heterocycles. The maximum absolute atomic E-state index is 13.6. The molecule has 0 saturated heterocycles. The van der Waals surface area contributed by atoms with Crippen molar-refractivity contribution in [2.45, 2.75) is 26.5 Å². The SMILES string of the molecule is CCOC(=O)C1=C(C)N=c2s/c(=C/c3ccc(OCc4ccc(Cl)cc4)cc3)c(=O)n2[C@@H]1c1cccs1. The maximum Gasteiger partial charge on any atom is 0.338 e. The highest BCUT2D eigenvalue weighted by Crippen LogP contribution is 2.33. The van der Waals surface area contributed by atoms with Crippen LogP contribution < -0.4 is 19.6 Å². The summed E-state index contributed by atoms with van der Waals surface area (Å²) in [6.07, 6.45) is 1.83. The van der Waals surface area contributed by atoms with E-state index in [0.29, 0.717) is 32.2 Å². The predicted molar refractivity (Wildman–Crippen MR) is 147 cm³/mol. The number of rotatable bonds is 7. The number of hydrogen-bond donors (Lipinski definition) is 0. The molecular weight excluding hydrogens is 528 g/mol. The molecule has 0 radical (unpaired) electrons. The number of fused-ring (bicyclic) bond motifs is 1. The van der Waals surface area contributed by atoms with Gasteiger partial charge in [0.2, 0.25) is 0 Å². The Morgan fingerprint density at radius 1 is 1.14 bits per heavy atom. The van der Waals surface area contributed by atoms with E-state index in [1.807, 2.05) is 72.1 Å². The predicted octanol–water partition coefficient (Wildman–Crippen LogP) is 5.09. The Morgan fingerprint density at radius 3 is 2.57 bits per heavy atom. The molecular formula is C28H23ClN2O4S2. The van der Waals surface area contributed by atoms with Crippen LogP contribution in [0.15, 0.2) is 87.1 Å². The van der Waals surface area contributed by atoms with Crippen molar-refractivity contribution < 1.29 is 14.3 Å². The summed E-state index contributed by atoms with van der Waals surface area (Å²) >= 11 is 8.73. The molecule has 37 heavy (non-hydrogen) atoms. The van der Waals surface area contributed by atoms with Crippen LogP contribution in [0.1, 0.15) is 35.9 Å². The first-order chi connectivity index (χ1) is 17.9. The molecule has 0 fully saturated rings. The number of benzene rings is 2. The molecule has 0 unspecified atom stereocenters. The Hall–Kier alpha value is -3.46. The number of thiophene rings is 1. The topological polar surface area (TPSA) is 69.9 Å². The molecule has 6 nitrogen and oxygen atoms in total. The van der Waals surface area contributed by atoms with Crippen LogP contribution >= 0.6 is 34.3 Å². The minimum atomic E-state index is -0.568. The molecule has 0 saturated carbocycles. The van der Waals surface area contributed by atoms with Gasteiger partial charge in [0.15, 0.2) is 4.80 Å². The van der Waals surface area contributed by atoms with Crippen LogP contribution in [0.4, 0.5) is 0 Å². The molecule has 0 aliphatic carbocycles. The van der Waals surface area contributed by atoms with E-state index in [4.69, 9.17) is 21.1 Å². The van der Waals surface area contributed by atoms with Gasteiger partial charge in [-0.25, -0.2) is 9.79 Å². The third-order valence-corrected chi connectivity index (χ3v) is 7.99. The van der Waals surface area contributed by atoms with Crippen LogP contribution in [0.25, 0.3) is 6.08 Å². The lowest BCUT2D eigenvalue weighted by molar-refractivity contribution is -0.139. The lowest BCUT2D eigenvalue weighted by Gasteiger charge is -2.23. The van der Waals surface area contributed by atoms with Crippen LogP contribution in [-0.2, 0) is 16.1 Å². The van der Waals surface area contributed by atoms with E-state index < -0.39 is 12.0 Å². The van der Waals surface area contributed by atoms with Crippen molar-refractivity contribution in [1.29, 1.82) is 0 Å². The van der Waals surface area contributed by atoms with Crippen LogP contribution in [0.5, 0.6) is 5.75 Å². The first kappa shape index (κ1) is 25.2. The summed E-state index contributed by atoms with van der Waals surface area (Å²) in [5, 5.41) is 2.62. The van der Waals surface area contributed by atoms with Crippen molar-refractivity contribution in [2.24, 2.45) is 4.99 Å². The number of carbonyl (C=O) groups excluding carboxylic acids is 1. The number of carbonyl (C=O) groups is 1.